The van der Waals surface area contributed by atoms with E-state index in [-0.39, 0.29) is 23.1 Å². The van der Waals surface area contributed by atoms with Crippen molar-refractivity contribution >= 4 is 21.7 Å². The average molecular weight is 420 g/mol. The van der Waals surface area contributed by atoms with Gasteiger partial charge in [-0.25, -0.2) is 22.9 Å². The zero-order valence-electron chi connectivity index (χ0n) is 16.6. The van der Waals surface area contributed by atoms with Gasteiger partial charge in [-0.2, -0.15) is 5.10 Å². The second-order valence-corrected chi connectivity index (χ2v) is 9.20. The minimum Gasteiger partial charge on any atom is -0.449 e. The third-order valence-electron chi connectivity index (χ3n) is 5.00. The van der Waals surface area contributed by atoms with E-state index >= 15 is 0 Å². The largest absolute Gasteiger partial charge is 0.449 e. The fourth-order valence-corrected chi connectivity index (χ4v) is 5.17. The number of amides is 1. The lowest BCUT2D eigenvalue weighted by Gasteiger charge is -2.29. The molecule has 0 saturated carbocycles. The number of rotatable bonds is 6. The minimum atomic E-state index is -3.12. The predicted molar refractivity (Wildman–Crippen MR) is 105 cm³/mol. The standard InChI is InChI=1S/C19H24N4O5S/c1-4-22(15-8-10-29(26,27)12-15)18(24)14(3)28-19(25)16-11-21-23(13(16)2)17-7-5-6-9-20-17/h5-7,9,11,14-15H,4,8,10,12H2,1-3H3. The number of esters is 1. The molecule has 0 aromatic carbocycles. The Bertz CT molecular complexity index is 1000. The average Bonchev–Trinajstić information content (AvgIpc) is 3.25. The number of carbonyl (C=O) groups excluding carboxylic acids is 2. The third kappa shape index (κ3) is 4.47. The number of ether oxygens (including phenoxy) is 1. The van der Waals surface area contributed by atoms with Crippen molar-refractivity contribution < 1.29 is 22.7 Å². The highest BCUT2D eigenvalue weighted by molar-refractivity contribution is 7.91. The molecule has 3 heterocycles. The molecule has 1 saturated heterocycles. The molecule has 1 aliphatic rings. The lowest BCUT2D eigenvalue weighted by atomic mass is 10.2. The third-order valence-corrected chi connectivity index (χ3v) is 6.75. The van der Waals surface area contributed by atoms with Crippen molar-refractivity contribution in [3.05, 3.63) is 41.9 Å². The summed E-state index contributed by atoms with van der Waals surface area (Å²) in [6.45, 7) is 5.33. The molecule has 29 heavy (non-hydrogen) atoms. The van der Waals surface area contributed by atoms with Crippen LogP contribution in [0.1, 0.15) is 36.3 Å². The molecule has 1 fully saturated rings. The van der Waals surface area contributed by atoms with Crippen LogP contribution in [0.25, 0.3) is 5.82 Å². The first-order valence-electron chi connectivity index (χ1n) is 9.41. The van der Waals surface area contributed by atoms with Gasteiger partial charge in [0, 0.05) is 18.8 Å². The topological polar surface area (TPSA) is 111 Å². The zero-order chi connectivity index (χ0) is 21.2. The Morgan fingerprint density at radius 3 is 2.72 bits per heavy atom. The molecule has 0 N–H and O–H groups in total. The molecule has 1 aliphatic heterocycles. The number of carbonyl (C=O) groups is 2. The molecule has 1 amide bonds. The first-order valence-corrected chi connectivity index (χ1v) is 11.2. The van der Waals surface area contributed by atoms with Gasteiger partial charge < -0.3 is 9.64 Å². The van der Waals surface area contributed by atoms with Crippen LogP contribution in [-0.2, 0) is 19.4 Å². The zero-order valence-corrected chi connectivity index (χ0v) is 17.4. The fourth-order valence-electron chi connectivity index (χ4n) is 3.44. The molecule has 10 heteroatoms. The van der Waals surface area contributed by atoms with E-state index in [2.05, 4.69) is 10.1 Å². The SMILES string of the molecule is CCN(C(=O)C(C)OC(=O)c1cnn(-c2ccccn2)c1C)C1CCS(=O)(=O)C1. The van der Waals surface area contributed by atoms with Gasteiger partial charge in [0.2, 0.25) is 0 Å². The van der Waals surface area contributed by atoms with Crippen LogP contribution in [0.15, 0.2) is 30.6 Å². The molecule has 3 rings (SSSR count). The molecular weight excluding hydrogens is 396 g/mol. The lowest BCUT2D eigenvalue weighted by Crippen LogP contribution is -2.46. The quantitative estimate of drug-likeness (QED) is 0.645. The summed E-state index contributed by atoms with van der Waals surface area (Å²) in [6.07, 6.45) is 2.37. The monoisotopic (exact) mass is 420 g/mol. The number of hydrogen-bond acceptors (Lipinski definition) is 7. The maximum Gasteiger partial charge on any atom is 0.342 e. The first-order chi connectivity index (χ1) is 13.7. The molecule has 156 valence electrons. The predicted octanol–water partition coefficient (Wildman–Crippen LogP) is 1.16. The number of pyridine rings is 1. The summed E-state index contributed by atoms with van der Waals surface area (Å²) in [5.74, 6) is -0.490. The summed E-state index contributed by atoms with van der Waals surface area (Å²) in [5, 5.41) is 4.18. The van der Waals surface area contributed by atoms with Gasteiger partial charge in [0.05, 0.1) is 23.4 Å². The molecule has 2 aromatic heterocycles. The number of aromatic nitrogens is 3. The lowest BCUT2D eigenvalue weighted by molar-refractivity contribution is -0.141. The van der Waals surface area contributed by atoms with Gasteiger partial charge in [-0.05, 0) is 39.3 Å². The van der Waals surface area contributed by atoms with E-state index in [1.165, 1.54) is 22.7 Å². The van der Waals surface area contributed by atoms with Crippen LogP contribution < -0.4 is 0 Å². The smallest absolute Gasteiger partial charge is 0.342 e. The maximum atomic E-state index is 12.8. The van der Waals surface area contributed by atoms with Crippen molar-refractivity contribution in [2.75, 3.05) is 18.1 Å². The van der Waals surface area contributed by atoms with E-state index in [0.29, 0.717) is 24.5 Å². The number of sulfone groups is 1. The normalized spacial score (nSPS) is 18.9. The van der Waals surface area contributed by atoms with E-state index < -0.39 is 27.8 Å². The summed E-state index contributed by atoms with van der Waals surface area (Å²) in [7, 11) is -3.12. The van der Waals surface area contributed by atoms with Crippen LogP contribution in [0.3, 0.4) is 0 Å². The Hall–Kier alpha value is -2.75. The van der Waals surface area contributed by atoms with Crippen LogP contribution in [0.2, 0.25) is 0 Å². The molecule has 0 spiro atoms. The van der Waals surface area contributed by atoms with Gasteiger partial charge in [-0.3, -0.25) is 4.79 Å². The molecule has 2 unspecified atom stereocenters. The van der Waals surface area contributed by atoms with Gasteiger partial charge in [0.25, 0.3) is 5.91 Å². The Morgan fingerprint density at radius 2 is 2.14 bits per heavy atom. The summed E-state index contributed by atoms with van der Waals surface area (Å²) in [6, 6.07) is 4.97. The number of likely N-dealkylation sites (N-methyl/N-ethyl adjacent to an activating group) is 1. The van der Waals surface area contributed by atoms with E-state index in [4.69, 9.17) is 4.74 Å². The van der Waals surface area contributed by atoms with Crippen molar-refractivity contribution in [1.82, 2.24) is 19.7 Å². The number of hydrogen-bond donors (Lipinski definition) is 0. The van der Waals surface area contributed by atoms with Crippen LogP contribution >= 0.6 is 0 Å². The summed E-state index contributed by atoms with van der Waals surface area (Å²) < 4.78 is 30.4. The molecule has 0 aliphatic carbocycles. The Labute approximate surface area is 169 Å². The Kier molecular flexibility index (Phi) is 6.02. The van der Waals surface area contributed by atoms with E-state index in [1.54, 1.807) is 32.2 Å². The van der Waals surface area contributed by atoms with Crippen LogP contribution in [0.5, 0.6) is 0 Å². The van der Waals surface area contributed by atoms with Crippen LogP contribution in [0, 0.1) is 6.92 Å². The van der Waals surface area contributed by atoms with E-state index in [0.717, 1.165) is 0 Å². The summed E-state index contributed by atoms with van der Waals surface area (Å²) in [5.41, 5.74) is 0.782. The molecule has 2 aromatic rings. The molecular formula is C19H24N4O5S. The Morgan fingerprint density at radius 1 is 1.38 bits per heavy atom. The minimum absolute atomic E-state index is 0.0524. The maximum absolute atomic E-state index is 12.8. The number of nitrogens with zero attached hydrogens (tertiary/aromatic N) is 4. The highest BCUT2D eigenvalue weighted by Crippen LogP contribution is 2.20. The second-order valence-electron chi connectivity index (χ2n) is 6.97. The molecule has 0 radical (unpaired) electrons. The Balaban J connectivity index is 1.70. The van der Waals surface area contributed by atoms with Crippen molar-refractivity contribution in [3.63, 3.8) is 0 Å². The van der Waals surface area contributed by atoms with Gasteiger partial charge in [-0.1, -0.05) is 6.07 Å². The van der Waals surface area contributed by atoms with Gasteiger partial charge in [0.15, 0.2) is 21.8 Å². The summed E-state index contributed by atoms with van der Waals surface area (Å²) >= 11 is 0. The highest BCUT2D eigenvalue weighted by atomic mass is 32.2. The van der Waals surface area contributed by atoms with Crippen molar-refractivity contribution in [2.24, 2.45) is 0 Å². The molecule has 2 atom stereocenters. The highest BCUT2D eigenvalue weighted by Gasteiger charge is 2.36. The van der Waals surface area contributed by atoms with Crippen molar-refractivity contribution in [2.45, 2.75) is 39.3 Å². The van der Waals surface area contributed by atoms with Crippen molar-refractivity contribution in [1.29, 1.82) is 0 Å². The first kappa shape index (κ1) is 21.0. The molecule has 9 nitrogen and oxygen atoms in total. The van der Waals surface area contributed by atoms with Crippen molar-refractivity contribution in [3.8, 4) is 5.82 Å². The summed E-state index contributed by atoms with van der Waals surface area (Å²) in [4.78, 5) is 31.1. The van der Waals surface area contributed by atoms with Gasteiger partial charge in [-0.15, -0.1) is 0 Å². The van der Waals surface area contributed by atoms with Crippen LogP contribution in [-0.4, -0.2) is 70.2 Å². The van der Waals surface area contributed by atoms with Crippen LogP contribution in [0.4, 0.5) is 0 Å². The fraction of sp³-hybridized carbons (Fsp3) is 0.474. The second kappa shape index (κ2) is 8.32. The van der Waals surface area contributed by atoms with Gasteiger partial charge >= 0.3 is 5.97 Å². The van der Waals surface area contributed by atoms with Gasteiger partial charge in [0.1, 0.15) is 5.56 Å². The molecule has 0 bridgehead atoms. The van der Waals surface area contributed by atoms with E-state index in [9.17, 15) is 18.0 Å². The van der Waals surface area contributed by atoms with E-state index in [1.807, 2.05) is 6.07 Å².